The molecule has 5 nitrogen and oxygen atoms in total. The van der Waals surface area contributed by atoms with Crippen molar-refractivity contribution in [1.82, 2.24) is 0 Å². The highest BCUT2D eigenvalue weighted by Gasteiger charge is 2.28. The summed E-state index contributed by atoms with van der Waals surface area (Å²) < 4.78 is 60.1. The number of hydrogen-bond acceptors (Lipinski definition) is 7. The molecule has 0 fully saturated rings. The van der Waals surface area contributed by atoms with Gasteiger partial charge in [0.05, 0.1) is 16.9 Å². The number of aliphatic hydroxyl groups excluding tert-OH is 2. The van der Waals surface area contributed by atoms with E-state index < -0.39 is 33.1 Å². The normalized spacial score (nSPS) is 11.5. The van der Waals surface area contributed by atoms with E-state index in [1.165, 1.54) is 0 Å². The molecule has 1 rings (SSSR count). The molecule has 0 saturated carbocycles. The Bertz CT molecular complexity index is 526. The van der Waals surface area contributed by atoms with Crippen molar-refractivity contribution in [1.29, 1.82) is 0 Å². The minimum Gasteiger partial charge on any atom is -0.691 e. The van der Waals surface area contributed by atoms with Crippen LogP contribution in [0.2, 0.25) is 0 Å². The summed E-state index contributed by atoms with van der Waals surface area (Å²) in [5.41, 5.74) is 0. The number of hydrogen-bond donors (Lipinski definition) is 2. The molecule has 26 heavy (non-hydrogen) atoms. The van der Waals surface area contributed by atoms with Gasteiger partial charge in [0, 0.05) is 18.5 Å². The summed E-state index contributed by atoms with van der Waals surface area (Å²) in [5, 5.41) is 30.0. The minimum absolute atomic E-state index is 0.0340. The van der Waals surface area contributed by atoms with Crippen molar-refractivity contribution in [2.24, 2.45) is 0 Å². The summed E-state index contributed by atoms with van der Waals surface area (Å²) in [6.07, 6.45) is 3.08. The number of rotatable bonds is 13. The van der Waals surface area contributed by atoms with E-state index in [2.05, 4.69) is 9.37 Å². The van der Waals surface area contributed by atoms with Gasteiger partial charge < -0.3 is 15.5 Å². The zero-order valence-electron chi connectivity index (χ0n) is 13.7. The Morgan fingerprint density at radius 3 is 1.69 bits per heavy atom. The highest BCUT2D eigenvalue weighted by molar-refractivity contribution is 8.00. The van der Waals surface area contributed by atoms with Crippen LogP contribution in [0.25, 0.3) is 0 Å². The van der Waals surface area contributed by atoms with E-state index in [-0.39, 0.29) is 30.5 Å². The molecule has 2 N–H and O–H groups in total. The minimum atomic E-state index is -1.68. The first-order valence-corrected chi connectivity index (χ1v) is 9.47. The first-order chi connectivity index (χ1) is 12.5. The molecule has 1 aromatic carbocycles. The van der Waals surface area contributed by atoms with Crippen LogP contribution in [-0.4, -0.2) is 28.7 Å². The summed E-state index contributed by atoms with van der Waals surface area (Å²) in [5.74, 6) is -6.53. The molecular formula is C15H19F4O5S2-. The molecule has 150 valence electrons. The number of unbranched alkanes of at least 4 members (excludes halogenated alkanes) is 2. The quantitative estimate of drug-likeness (QED) is 0.0966. The maximum atomic E-state index is 14.2. The van der Waals surface area contributed by atoms with Gasteiger partial charge in [-0.25, -0.2) is 17.6 Å². The van der Waals surface area contributed by atoms with Crippen LogP contribution in [0.5, 0.6) is 0 Å². The number of benzene rings is 1. The third kappa shape index (κ3) is 6.87. The van der Waals surface area contributed by atoms with Crippen molar-refractivity contribution >= 4 is 23.8 Å². The molecule has 0 amide bonds. The molecular weight excluding hydrogens is 400 g/mol. The summed E-state index contributed by atoms with van der Waals surface area (Å²) in [7, 11) is 0. The van der Waals surface area contributed by atoms with Crippen LogP contribution < -0.4 is 5.26 Å². The van der Waals surface area contributed by atoms with Gasteiger partial charge in [-0.15, -0.1) is 11.8 Å². The maximum absolute atomic E-state index is 14.2. The van der Waals surface area contributed by atoms with E-state index in [1.807, 2.05) is 0 Å². The topological polar surface area (TPSA) is 82.0 Å². The lowest BCUT2D eigenvalue weighted by Gasteiger charge is -2.18. The van der Waals surface area contributed by atoms with Gasteiger partial charge >= 0.3 is 0 Å². The first-order valence-electron chi connectivity index (χ1n) is 7.85. The van der Waals surface area contributed by atoms with E-state index in [0.29, 0.717) is 50.3 Å². The smallest absolute Gasteiger partial charge is 0.179 e. The van der Waals surface area contributed by atoms with Crippen molar-refractivity contribution in [3.05, 3.63) is 23.3 Å². The molecule has 1 aromatic rings. The second-order valence-electron chi connectivity index (χ2n) is 5.31. The first kappa shape index (κ1) is 23.5. The van der Waals surface area contributed by atoms with E-state index in [0.717, 1.165) is 0 Å². The van der Waals surface area contributed by atoms with Crippen molar-refractivity contribution in [2.75, 3.05) is 13.2 Å². The molecule has 0 unspecified atom stereocenters. The fraction of sp³-hybridized carbons (Fsp3) is 0.600. The largest absolute Gasteiger partial charge is 0.691 e. The number of halogens is 4. The van der Waals surface area contributed by atoms with Crippen LogP contribution in [0.4, 0.5) is 17.6 Å². The Balaban J connectivity index is 3.01. The zero-order valence-corrected chi connectivity index (χ0v) is 15.3. The van der Waals surface area contributed by atoms with E-state index in [9.17, 15) is 22.8 Å². The van der Waals surface area contributed by atoms with E-state index >= 15 is 0 Å². The van der Waals surface area contributed by atoms with Crippen LogP contribution in [-0.2, 0) is 9.37 Å². The fourth-order valence-corrected chi connectivity index (χ4v) is 3.92. The highest BCUT2D eigenvalue weighted by Crippen LogP contribution is 2.39. The van der Waals surface area contributed by atoms with E-state index in [4.69, 9.17) is 10.2 Å². The van der Waals surface area contributed by atoms with Gasteiger partial charge in [0.25, 0.3) is 0 Å². The third-order valence-electron chi connectivity index (χ3n) is 3.48. The van der Waals surface area contributed by atoms with Gasteiger partial charge in [-0.1, -0.05) is 12.8 Å². The predicted octanol–water partition coefficient (Wildman–Crippen LogP) is 3.26. The molecule has 0 aliphatic heterocycles. The fourth-order valence-electron chi connectivity index (χ4n) is 2.21. The summed E-state index contributed by atoms with van der Waals surface area (Å²) in [6.45, 7) is -0.0680. The second-order valence-corrected chi connectivity index (χ2v) is 7.33. The lowest BCUT2D eigenvalue weighted by Crippen LogP contribution is -2.09. The average Bonchev–Trinajstić information content (AvgIpc) is 2.63. The maximum Gasteiger partial charge on any atom is 0.179 e. The van der Waals surface area contributed by atoms with Crippen LogP contribution in [0.3, 0.4) is 0 Å². The number of thioether (sulfide) groups is 1. The third-order valence-corrected chi connectivity index (χ3v) is 5.53. The molecule has 0 atom stereocenters. The van der Waals surface area contributed by atoms with Gasteiger partial charge in [-0.2, -0.15) is 4.33 Å². The summed E-state index contributed by atoms with van der Waals surface area (Å²) in [4.78, 5) is -1.96. The Labute approximate surface area is 156 Å². The van der Waals surface area contributed by atoms with Crippen LogP contribution in [0.1, 0.15) is 38.5 Å². The molecule has 0 saturated heterocycles. The molecule has 0 heterocycles. The second kappa shape index (κ2) is 12.8. The van der Waals surface area contributed by atoms with Crippen LogP contribution >= 0.6 is 23.8 Å². The Kier molecular flexibility index (Phi) is 11.5. The van der Waals surface area contributed by atoms with Crippen molar-refractivity contribution in [2.45, 2.75) is 53.6 Å². The Hall–Kier alpha value is -0.560. The molecule has 0 aliphatic rings. The Morgan fingerprint density at radius 1 is 0.808 bits per heavy atom. The van der Waals surface area contributed by atoms with Crippen molar-refractivity contribution < 1.29 is 42.4 Å². The molecule has 0 bridgehead atoms. The highest BCUT2D eigenvalue weighted by atomic mass is 32.2. The zero-order chi connectivity index (χ0) is 19.5. The lowest BCUT2D eigenvalue weighted by molar-refractivity contribution is -0.777. The number of aliphatic hydroxyl groups is 2. The molecule has 0 aliphatic carbocycles. The van der Waals surface area contributed by atoms with Gasteiger partial charge in [-0.05, 0) is 25.7 Å². The monoisotopic (exact) mass is 419 g/mol. The van der Waals surface area contributed by atoms with Crippen LogP contribution in [0.15, 0.2) is 9.79 Å². The molecule has 0 aromatic heterocycles. The van der Waals surface area contributed by atoms with Gasteiger partial charge in [-0.3, -0.25) is 5.04 Å². The van der Waals surface area contributed by atoms with Crippen molar-refractivity contribution in [3.8, 4) is 0 Å². The van der Waals surface area contributed by atoms with Gasteiger partial charge in [0.2, 0.25) is 0 Å². The van der Waals surface area contributed by atoms with Gasteiger partial charge in [0.15, 0.2) is 23.3 Å². The summed E-state index contributed by atoms with van der Waals surface area (Å²) >= 11 is 0.401. The molecule has 11 heteroatoms. The SMILES string of the molecule is [O-]OOSc1c(F)c(F)c(SC(CCCCO)CCCCO)c(F)c1F. The average molecular weight is 419 g/mol. The van der Waals surface area contributed by atoms with Crippen molar-refractivity contribution in [3.63, 3.8) is 0 Å². The molecule has 0 spiro atoms. The van der Waals surface area contributed by atoms with E-state index in [1.54, 1.807) is 0 Å². The van der Waals surface area contributed by atoms with Gasteiger partial charge in [0.1, 0.15) is 4.90 Å². The standard InChI is InChI=1S/C15H20F4O5S2/c16-10-12(18)15(26-24-23-22)13(19)11(17)14(10)25-9(5-1-3-7-20)6-2-4-8-21/h9,20-22H,1-8H2/p-1. The predicted molar refractivity (Wildman–Crippen MR) is 85.8 cm³/mol. The Morgan fingerprint density at radius 2 is 1.27 bits per heavy atom. The molecule has 0 radical (unpaired) electrons. The summed E-state index contributed by atoms with van der Waals surface area (Å²) in [6, 6.07) is 0. The lowest BCUT2D eigenvalue weighted by atomic mass is 10.1. The van der Waals surface area contributed by atoms with Crippen LogP contribution in [0, 0.1) is 23.3 Å².